The van der Waals surface area contributed by atoms with E-state index in [1.807, 2.05) is 0 Å². The Morgan fingerprint density at radius 1 is 1.31 bits per heavy atom. The summed E-state index contributed by atoms with van der Waals surface area (Å²) in [6, 6.07) is 5.21. The van der Waals surface area contributed by atoms with Crippen LogP contribution in [0.3, 0.4) is 0 Å². The Labute approximate surface area is 151 Å². The van der Waals surface area contributed by atoms with Gasteiger partial charge in [-0.05, 0) is 25.0 Å². The molecule has 1 fully saturated rings. The van der Waals surface area contributed by atoms with Gasteiger partial charge in [-0.3, -0.25) is 0 Å². The molecule has 2 N–H and O–H groups in total. The second-order valence-corrected chi connectivity index (χ2v) is 5.96. The molecule has 0 spiro atoms. The van der Waals surface area contributed by atoms with Gasteiger partial charge >= 0.3 is 12.1 Å². The molecule has 3 amide bonds. The third-order valence-corrected chi connectivity index (χ3v) is 4.42. The van der Waals surface area contributed by atoms with Gasteiger partial charge < -0.3 is 29.7 Å². The van der Waals surface area contributed by atoms with Gasteiger partial charge in [0.15, 0.2) is 6.29 Å². The number of carbonyl (C=O) groups is 2. The number of likely N-dealkylation sites (tertiary alicyclic amines) is 1. The molecule has 0 aliphatic carbocycles. The molecule has 0 radical (unpaired) electrons. The number of hydrogen-bond donors (Lipinski definition) is 2. The molecular formula is C17H24FN3O5. The summed E-state index contributed by atoms with van der Waals surface area (Å²) < 4.78 is 24.2. The maximum Gasteiger partial charge on any atom is 0.407 e. The first-order valence-electron chi connectivity index (χ1n) is 8.31. The molecule has 26 heavy (non-hydrogen) atoms. The van der Waals surface area contributed by atoms with Gasteiger partial charge in [-0.2, -0.15) is 0 Å². The van der Waals surface area contributed by atoms with Crippen molar-refractivity contribution in [3.8, 4) is 0 Å². The molecule has 8 nitrogen and oxygen atoms in total. The zero-order valence-electron chi connectivity index (χ0n) is 14.9. The van der Waals surface area contributed by atoms with Crippen molar-refractivity contribution in [3.05, 3.63) is 30.1 Å². The number of ether oxygens (including phenoxy) is 2. The Morgan fingerprint density at radius 2 is 1.92 bits per heavy atom. The number of amides is 3. The number of halogens is 1. The number of hydrogen-bond acceptors (Lipinski definition) is 4. The fourth-order valence-corrected chi connectivity index (χ4v) is 2.92. The number of piperidine rings is 1. The lowest BCUT2D eigenvalue weighted by molar-refractivity contribution is -0.115. The second kappa shape index (κ2) is 9.35. The van der Waals surface area contributed by atoms with Gasteiger partial charge in [0.25, 0.3) is 0 Å². The lowest BCUT2D eigenvalue weighted by Gasteiger charge is -2.38. The van der Waals surface area contributed by atoms with Crippen LogP contribution >= 0.6 is 0 Å². The third kappa shape index (κ3) is 5.06. The lowest BCUT2D eigenvalue weighted by atomic mass is 10.0. The van der Waals surface area contributed by atoms with E-state index < -0.39 is 24.2 Å². The highest BCUT2D eigenvalue weighted by molar-refractivity contribution is 5.89. The number of carboxylic acid groups (broad SMARTS) is 1. The molecule has 1 heterocycles. The number of urea groups is 1. The highest BCUT2D eigenvalue weighted by atomic mass is 19.1. The van der Waals surface area contributed by atoms with Gasteiger partial charge in [0.1, 0.15) is 5.82 Å². The Balaban J connectivity index is 2.11. The quantitative estimate of drug-likeness (QED) is 0.752. The van der Waals surface area contributed by atoms with E-state index in [0.717, 1.165) is 0 Å². The number of nitrogens with one attached hydrogen (secondary N) is 1. The molecule has 0 unspecified atom stereocenters. The summed E-state index contributed by atoms with van der Waals surface area (Å²) in [5.74, 6) is -0.531. The minimum atomic E-state index is -0.975. The van der Waals surface area contributed by atoms with E-state index in [1.54, 1.807) is 6.07 Å². The van der Waals surface area contributed by atoms with Crippen molar-refractivity contribution in [1.29, 1.82) is 0 Å². The van der Waals surface area contributed by atoms with E-state index >= 15 is 0 Å². The minimum absolute atomic E-state index is 0.0804. The molecule has 144 valence electrons. The number of anilines is 1. The van der Waals surface area contributed by atoms with E-state index in [1.165, 1.54) is 42.2 Å². The molecule has 0 atom stereocenters. The highest BCUT2D eigenvalue weighted by Gasteiger charge is 2.31. The van der Waals surface area contributed by atoms with Crippen molar-refractivity contribution in [3.63, 3.8) is 0 Å². The number of benzene rings is 1. The first-order chi connectivity index (χ1) is 12.5. The molecule has 2 rings (SSSR count). The standard InChI is InChI=1S/C17H24FN3O5/c1-25-15(26-2)11-21(12-7-9-20(10-8-12)17(23)24)16(22)19-14-6-4-3-5-13(14)18/h3-6,12,15H,7-11H2,1-2H3,(H,19,22)(H,23,24). The first kappa shape index (κ1) is 19.9. The van der Waals surface area contributed by atoms with Crippen molar-refractivity contribution < 1.29 is 28.6 Å². The second-order valence-electron chi connectivity index (χ2n) is 5.96. The fourth-order valence-electron chi connectivity index (χ4n) is 2.92. The maximum absolute atomic E-state index is 13.8. The normalized spacial score (nSPS) is 15.2. The summed E-state index contributed by atoms with van der Waals surface area (Å²) >= 11 is 0. The summed E-state index contributed by atoms with van der Waals surface area (Å²) in [7, 11) is 2.93. The third-order valence-electron chi connectivity index (χ3n) is 4.42. The zero-order chi connectivity index (χ0) is 19.1. The number of rotatable bonds is 6. The monoisotopic (exact) mass is 369 g/mol. The van der Waals surface area contributed by atoms with Gasteiger partial charge in [-0.15, -0.1) is 0 Å². The maximum atomic E-state index is 13.8. The summed E-state index contributed by atoms with van der Waals surface area (Å²) in [5, 5.41) is 11.6. The first-order valence-corrected chi connectivity index (χ1v) is 8.31. The predicted octanol–water partition coefficient (Wildman–Crippen LogP) is 2.42. The van der Waals surface area contributed by atoms with Crippen molar-refractivity contribution in [2.24, 2.45) is 0 Å². The molecule has 1 aliphatic heterocycles. The minimum Gasteiger partial charge on any atom is -0.465 e. The lowest BCUT2D eigenvalue weighted by Crippen LogP contribution is -2.52. The smallest absolute Gasteiger partial charge is 0.407 e. The average molecular weight is 369 g/mol. The molecule has 0 saturated carbocycles. The van der Waals surface area contributed by atoms with Gasteiger partial charge in [0, 0.05) is 33.4 Å². The summed E-state index contributed by atoms with van der Waals surface area (Å²) in [5.41, 5.74) is 0.0804. The van der Waals surface area contributed by atoms with Crippen LogP contribution in [0.15, 0.2) is 24.3 Å². The summed E-state index contributed by atoms with van der Waals surface area (Å²) in [6.45, 7) is 0.799. The van der Waals surface area contributed by atoms with Gasteiger partial charge in [-0.25, -0.2) is 14.0 Å². The van der Waals surface area contributed by atoms with Crippen LogP contribution in [0.1, 0.15) is 12.8 Å². The molecule has 0 bridgehead atoms. The van der Waals surface area contributed by atoms with Crippen LogP contribution in [0.2, 0.25) is 0 Å². The van der Waals surface area contributed by atoms with Gasteiger partial charge in [0.2, 0.25) is 0 Å². The topological polar surface area (TPSA) is 91.3 Å². The Hall–Kier alpha value is -2.39. The van der Waals surface area contributed by atoms with E-state index in [9.17, 15) is 14.0 Å². The van der Waals surface area contributed by atoms with E-state index in [2.05, 4.69) is 5.32 Å². The Bertz CT molecular complexity index is 618. The van der Waals surface area contributed by atoms with E-state index in [4.69, 9.17) is 14.6 Å². The molecule has 9 heteroatoms. The molecule has 1 aromatic carbocycles. The molecular weight excluding hydrogens is 345 g/mol. The number of carbonyl (C=O) groups excluding carboxylic acids is 1. The summed E-state index contributed by atoms with van der Waals surface area (Å²) in [6.07, 6.45) is -0.648. The number of nitrogens with zero attached hydrogens (tertiary/aromatic N) is 2. The average Bonchev–Trinajstić information content (AvgIpc) is 2.64. The van der Waals surface area contributed by atoms with Crippen LogP contribution in [0, 0.1) is 5.82 Å². The largest absolute Gasteiger partial charge is 0.465 e. The van der Waals surface area contributed by atoms with Crippen LogP contribution in [-0.2, 0) is 9.47 Å². The van der Waals surface area contributed by atoms with Crippen molar-refractivity contribution in [1.82, 2.24) is 9.80 Å². The molecule has 1 aliphatic rings. The molecule has 1 saturated heterocycles. The van der Waals surface area contributed by atoms with Gasteiger partial charge in [-0.1, -0.05) is 12.1 Å². The number of para-hydroxylation sites is 1. The van der Waals surface area contributed by atoms with Crippen molar-refractivity contribution >= 4 is 17.8 Å². The van der Waals surface area contributed by atoms with Crippen LogP contribution in [0.5, 0.6) is 0 Å². The van der Waals surface area contributed by atoms with Gasteiger partial charge in [0.05, 0.1) is 12.2 Å². The van der Waals surface area contributed by atoms with Crippen LogP contribution in [0.4, 0.5) is 19.7 Å². The van der Waals surface area contributed by atoms with Crippen LogP contribution in [0.25, 0.3) is 0 Å². The predicted molar refractivity (Wildman–Crippen MR) is 92.6 cm³/mol. The fraction of sp³-hybridized carbons (Fsp3) is 0.529. The van der Waals surface area contributed by atoms with E-state index in [-0.39, 0.29) is 18.3 Å². The zero-order valence-corrected chi connectivity index (χ0v) is 14.9. The Morgan fingerprint density at radius 3 is 2.46 bits per heavy atom. The Kier molecular flexibility index (Phi) is 7.16. The van der Waals surface area contributed by atoms with Crippen molar-refractivity contribution in [2.45, 2.75) is 25.2 Å². The molecule has 0 aromatic heterocycles. The van der Waals surface area contributed by atoms with Crippen molar-refractivity contribution in [2.75, 3.05) is 39.2 Å². The molecule has 1 aromatic rings. The number of methoxy groups -OCH3 is 2. The summed E-state index contributed by atoms with van der Waals surface area (Å²) in [4.78, 5) is 26.6. The van der Waals surface area contributed by atoms with Crippen LogP contribution in [-0.4, -0.2) is 73.2 Å². The highest BCUT2D eigenvalue weighted by Crippen LogP contribution is 2.20. The SMILES string of the molecule is COC(CN(C(=O)Nc1ccccc1F)C1CCN(C(=O)O)CC1)OC. The van der Waals surface area contributed by atoms with Crippen LogP contribution < -0.4 is 5.32 Å². The van der Waals surface area contributed by atoms with E-state index in [0.29, 0.717) is 25.9 Å².